The molecule has 0 heterocycles. The topological polar surface area (TPSA) is 46.5 Å². The van der Waals surface area contributed by atoms with Crippen molar-refractivity contribution < 1.29 is 14.6 Å². The first-order valence-corrected chi connectivity index (χ1v) is 4.98. The summed E-state index contributed by atoms with van der Waals surface area (Å²) in [4.78, 5) is 10.5. The summed E-state index contributed by atoms with van der Waals surface area (Å²) in [5.41, 5.74) is 0. The van der Waals surface area contributed by atoms with Crippen LogP contribution in [0.2, 0.25) is 0 Å². The highest BCUT2D eigenvalue weighted by Crippen LogP contribution is 2.26. The molecule has 1 saturated carbocycles. The molecule has 0 radical (unpaired) electrons. The average Bonchev–Trinajstić information content (AvgIpc) is 2.08. The number of carboxylic acid groups (broad SMARTS) is 1. The molecule has 1 fully saturated rings. The number of hydrogen-bond acceptors (Lipinski definition) is 2. The van der Waals surface area contributed by atoms with Crippen LogP contribution in [0.4, 0.5) is 0 Å². The van der Waals surface area contributed by atoms with E-state index in [4.69, 9.17) is 9.84 Å². The zero-order valence-corrected chi connectivity index (χ0v) is 8.32. The van der Waals surface area contributed by atoms with Crippen molar-refractivity contribution in [1.29, 1.82) is 0 Å². The first-order valence-electron chi connectivity index (χ1n) is 4.98. The molecule has 3 heteroatoms. The maximum absolute atomic E-state index is 10.5. The molecule has 1 N–H and O–H groups in total. The van der Waals surface area contributed by atoms with Crippen LogP contribution in [0.5, 0.6) is 0 Å². The van der Waals surface area contributed by atoms with E-state index in [0.29, 0.717) is 0 Å². The summed E-state index contributed by atoms with van der Waals surface area (Å²) >= 11 is 0. The van der Waals surface area contributed by atoms with Crippen LogP contribution in [0.15, 0.2) is 0 Å². The average molecular weight is 186 g/mol. The van der Waals surface area contributed by atoms with Crippen LogP contribution in [-0.2, 0) is 9.53 Å². The second-order valence-corrected chi connectivity index (χ2v) is 4.00. The van der Waals surface area contributed by atoms with Crippen LogP contribution in [0.3, 0.4) is 0 Å². The molecule has 1 atom stereocenters. The molecule has 0 bridgehead atoms. The molecule has 1 aliphatic carbocycles. The van der Waals surface area contributed by atoms with Gasteiger partial charge in [0.05, 0.1) is 6.10 Å². The van der Waals surface area contributed by atoms with E-state index in [2.05, 4.69) is 6.92 Å². The van der Waals surface area contributed by atoms with Crippen LogP contribution in [0.25, 0.3) is 0 Å². The summed E-state index contributed by atoms with van der Waals surface area (Å²) in [5.74, 6) is -0.0846. The number of hydrogen-bond donors (Lipinski definition) is 1. The van der Waals surface area contributed by atoms with E-state index in [9.17, 15) is 4.79 Å². The molecule has 0 unspecified atom stereocenters. The summed E-state index contributed by atoms with van der Waals surface area (Å²) in [6, 6.07) is 0. The van der Waals surface area contributed by atoms with Crippen molar-refractivity contribution in [3.05, 3.63) is 0 Å². The van der Waals surface area contributed by atoms with E-state index in [0.717, 1.165) is 31.6 Å². The van der Waals surface area contributed by atoms with Crippen LogP contribution in [-0.4, -0.2) is 23.3 Å². The van der Waals surface area contributed by atoms with E-state index in [1.165, 1.54) is 0 Å². The molecule has 0 saturated heterocycles. The number of ether oxygens (including phenoxy) is 1. The Labute approximate surface area is 79.1 Å². The predicted octanol–water partition coefficient (Wildman–Crippen LogP) is 2.05. The summed E-state index contributed by atoms with van der Waals surface area (Å²) in [7, 11) is 0. The van der Waals surface area contributed by atoms with Crippen molar-refractivity contribution in [3.8, 4) is 0 Å². The van der Waals surface area contributed by atoms with Gasteiger partial charge in [0.1, 0.15) is 0 Å². The van der Waals surface area contributed by atoms with Crippen molar-refractivity contribution in [2.45, 2.75) is 51.7 Å². The van der Waals surface area contributed by atoms with E-state index >= 15 is 0 Å². The predicted molar refractivity (Wildman–Crippen MR) is 49.6 cm³/mol. The molecule has 76 valence electrons. The largest absolute Gasteiger partial charge is 0.479 e. The maximum Gasteiger partial charge on any atom is 0.332 e. The van der Waals surface area contributed by atoms with Gasteiger partial charge in [-0.3, -0.25) is 0 Å². The van der Waals surface area contributed by atoms with Gasteiger partial charge in [0.2, 0.25) is 0 Å². The first kappa shape index (κ1) is 10.5. The van der Waals surface area contributed by atoms with Gasteiger partial charge in [0.25, 0.3) is 0 Å². The van der Waals surface area contributed by atoms with Crippen LogP contribution < -0.4 is 0 Å². The molecular formula is C10H18O3. The molecule has 0 aliphatic heterocycles. The second kappa shape index (κ2) is 4.61. The fourth-order valence-corrected chi connectivity index (χ4v) is 1.71. The lowest BCUT2D eigenvalue weighted by Crippen LogP contribution is -2.29. The van der Waals surface area contributed by atoms with Gasteiger partial charge in [0, 0.05) is 0 Å². The summed E-state index contributed by atoms with van der Waals surface area (Å²) < 4.78 is 5.40. The Hall–Kier alpha value is -0.570. The highest BCUT2D eigenvalue weighted by molar-refractivity contribution is 5.71. The second-order valence-electron chi connectivity index (χ2n) is 4.00. The minimum atomic E-state index is -0.862. The van der Waals surface area contributed by atoms with Gasteiger partial charge in [-0.25, -0.2) is 4.79 Å². The monoisotopic (exact) mass is 186 g/mol. The standard InChI is InChI=1S/C10H18O3/c1-7-3-5-9(6-4-7)13-8(2)10(11)12/h7-9H,3-6H2,1-2H3,(H,11,12)/t7?,8-,9?/m0/s1. The quantitative estimate of drug-likeness (QED) is 0.733. The van der Waals surface area contributed by atoms with Crippen molar-refractivity contribution in [1.82, 2.24) is 0 Å². The Kier molecular flexibility index (Phi) is 3.72. The molecular weight excluding hydrogens is 168 g/mol. The van der Waals surface area contributed by atoms with Crippen molar-refractivity contribution in [2.24, 2.45) is 5.92 Å². The normalized spacial score (nSPS) is 31.2. The molecule has 1 rings (SSSR count). The lowest BCUT2D eigenvalue weighted by atomic mass is 9.89. The first-order chi connectivity index (χ1) is 6.09. The Morgan fingerprint density at radius 2 is 1.92 bits per heavy atom. The third-order valence-electron chi connectivity index (χ3n) is 2.71. The van der Waals surface area contributed by atoms with Gasteiger partial charge in [-0.1, -0.05) is 6.92 Å². The number of carbonyl (C=O) groups is 1. The molecule has 3 nitrogen and oxygen atoms in total. The fraction of sp³-hybridized carbons (Fsp3) is 0.900. The number of carboxylic acids is 1. The van der Waals surface area contributed by atoms with Gasteiger partial charge < -0.3 is 9.84 Å². The van der Waals surface area contributed by atoms with Crippen LogP contribution in [0.1, 0.15) is 39.5 Å². The van der Waals surface area contributed by atoms with Crippen molar-refractivity contribution >= 4 is 5.97 Å². The van der Waals surface area contributed by atoms with Crippen LogP contribution >= 0.6 is 0 Å². The lowest BCUT2D eigenvalue weighted by molar-refractivity contribution is -0.154. The minimum absolute atomic E-state index is 0.169. The Morgan fingerprint density at radius 1 is 1.38 bits per heavy atom. The molecule has 0 spiro atoms. The van der Waals surface area contributed by atoms with Gasteiger partial charge in [0.15, 0.2) is 6.10 Å². The van der Waals surface area contributed by atoms with Crippen molar-refractivity contribution in [3.63, 3.8) is 0 Å². The Bertz CT molecular complexity index is 171. The Morgan fingerprint density at radius 3 is 2.38 bits per heavy atom. The van der Waals surface area contributed by atoms with Gasteiger partial charge in [-0.15, -0.1) is 0 Å². The SMILES string of the molecule is CC1CCC(O[C@@H](C)C(=O)O)CC1. The van der Waals surface area contributed by atoms with E-state index in [1.807, 2.05) is 0 Å². The summed E-state index contributed by atoms with van der Waals surface area (Å²) in [5, 5.41) is 8.64. The molecule has 13 heavy (non-hydrogen) atoms. The number of aliphatic carboxylic acids is 1. The third-order valence-corrected chi connectivity index (χ3v) is 2.71. The molecule has 0 aromatic rings. The van der Waals surface area contributed by atoms with Gasteiger partial charge >= 0.3 is 5.97 Å². The molecule has 0 aromatic heterocycles. The molecule has 0 aromatic carbocycles. The molecule has 0 amide bonds. The highest BCUT2D eigenvalue weighted by Gasteiger charge is 2.22. The van der Waals surface area contributed by atoms with Gasteiger partial charge in [-0.2, -0.15) is 0 Å². The maximum atomic E-state index is 10.5. The van der Waals surface area contributed by atoms with Gasteiger partial charge in [-0.05, 0) is 38.5 Å². The van der Waals surface area contributed by atoms with Crippen LogP contribution in [0, 0.1) is 5.92 Å². The van der Waals surface area contributed by atoms with E-state index in [-0.39, 0.29) is 6.10 Å². The zero-order valence-electron chi connectivity index (χ0n) is 8.32. The Balaban J connectivity index is 2.26. The lowest BCUT2D eigenvalue weighted by Gasteiger charge is -2.27. The number of rotatable bonds is 3. The fourth-order valence-electron chi connectivity index (χ4n) is 1.71. The van der Waals surface area contributed by atoms with E-state index < -0.39 is 12.1 Å². The zero-order chi connectivity index (χ0) is 9.84. The smallest absolute Gasteiger partial charge is 0.332 e. The summed E-state index contributed by atoms with van der Waals surface area (Å²) in [6.07, 6.45) is 3.87. The minimum Gasteiger partial charge on any atom is -0.479 e. The summed E-state index contributed by atoms with van der Waals surface area (Å²) in [6.45, 7) is 3.83. The third kappa shape index (κ3) is 3.35. The van der Waals surface area contributed by atoms with E-state index in [1.54, 1.807) is 6.92 Å². The molecule has 1 aliphatic rings. The highest BCUT2D eigenvalue weighted by atomic mass is 16.5. The van der Waals surface area contributed by atoms with Crippen molar-refractivity contribution in [2.75, 3.05) is 0 Å².